The molecule has 1 aromatic carbocycles. The quantitative estimate of drug-likeness (QED) is 0.574. The molecule has 0 aliphatic rings. The monoisotopic (exact) mass is 294 g/mol. The largest absolute Gasteiger partial charge is 0.483 e. The molecule has 0 saturated heterocycles. The maximum Gasteiger partial charge on any atom is 0.303 e. The fraction of sp³-hybridized carbons (Fsp3) is 0.357. The standard InChI is InChI=1S/C14H18N2O5/c15-12(17)9-21-11-6-2-1-5-10(11)14(20)16-8-4-3-7-13(18)19/h1-2,5-6H,3-4,7-9H2,(H2,15,17)(H,16,20)(H,18,19). The highest BCUT2D eigenvalue weighted by atomic mass is 16.5. The first-order valence-electron chi connectivity index (χ1n) is 6.51. The highest BCUT2D eigenvalue weighted by Gasteiger charge is 2.12. The molecule has 0 aliphatic carbocycles. The average molecular weight is 294 g/mol. The summed E-state index contributed by atoms with van der Waals surface area (Å²) in [6.45, 7) is 0.0686. The number of primary amides is 1. The number of rotatable bonds is 9. The molecule has 0 aliphatic heterocycles. The molecule has 1 aromatic rings. The predicted octanol–water partition coefficient (Wildman–Crippen LogP) is 0.535. The van der Waals surface area contributed by atoms with Gasteiger partial charge in [-0.3, -0.25) is 14.4 Å². The number of hydrogen-bond donors (Lipinski definition) is 3. The number of ether oxygens (including phenoxy) is 1. The van der Waals surface area contributed by atoms with Crippen LogP contribution in [-0.2, 0) is 9.59 Å². The summed E-state index contributed by atoms with van der Waals surface area (Å²) in [6, 6.07) is 6.50. The van der Waals surface area contributed by atoms with Crippen LogP contribution in [0.2, 0.25) is 0 Å². The van der Waals surface area contributed by atoms with E-state index in [1.807, 2.05) is 0 Å². The summed E-state index contributed by atoms with van der Waals surface area (Å²) in [6.07, 6.45) is 1.14. The van der Waals surface area contributed by atoms with Gasteiger partial charge in [-0.2, -0.15) is 0 Å². The number of aliphatic carboxylic acids is 1. The zero-order valence-electron chi connectivity index (χ0n) is 11.5. The van der Waals surface area contributed by atoms with Gasteiger partial charge in [0.15, 0.2) is 6.61 Å². The molecule has 4 N–H and O–H groups in total. The Bertz CT molecular complexity index is 516. The van der Waals surface area contributed by atoms with Gasteiger partial charge in [-0.25, -0.2) is 0 Å². The van der Waals surface area contributed by atoms with Crippen LogP contribution in [0.3, 0.4) is 0 Å². The second-order valence-electron chi connectivity index (χ2n) is 4.36. The summed E-state index contributed by atoms with van der Waals surface area (Å²) >= 11 is 0. The molecule has 0 radical (unpaired) electrons. The first kappa shape index (κ1) is 16.5. The van der Waals surface area contributed by atoms with E-state index in [0.29, 0.717) is 24.9 Å². The van der Waals surface area contributed by atoms with E-state index in [1.54, 1.807) is 24.3 Å². The van der Waals surface area contributed by atoms with Crippen molar-refractivity contribution in [2.75, 3.05) is 13.2 Å². The second kappa shape index (κ2) is 8.57. The number of hydrogen-bond acceptors (Lipinski definition) is 4. The number of nitrogens with one attached hydrogen (secondary N) is 1. The fourth-order valence-electron chi connectivity index (χ4n) is 1.63. The summed E-state index contributed by atoms with van der Waals surface area (Å²) in [4.78, 5) is 33.0. The number of amides is 2. The van der Waals surface area contributed by atoms with Crippen LogP contribution in [-0.4, -0.2) is 36.0 Å². The molecule has 1 rings (SSSR count). The van der Waals surface area contributed by atoms with Crippen molar-refractivity contribution in [2.24, 2.45) is 5.73 Å². The normalized spacial score (nSPS) is 9.90. The van der Waals surface area contributed by atoms with E-state index in [-0.39, 0.29) is 24.7 Å². The molecular weight excluding hydrogens is 276 g/mol. The SMILES string of the molecule is NC(=O)COc1ccccc1C(=O)NCCCCC(=O)O. The Morgan fingerprint density at radius 2 is 1.90 bits per heavy atom. The summed E-state index contributed by atoms with van der Waals surface area (Å²) in [7, 11) is 0. The average Bonchev–Trinajstić information content (AvgIpc) is 2.44. The van der Waals surface area contributed by atoms with Gasteiger partial charge in [0.2, 0.25) is 0 Å². The van der Waals surface area contributed by atoms with E-state index in [0.717, 1.165) is 0 Å². The number of carbonyl (C=O) groups is 3. The van der Waals surface area contributed by atoms with Crippen LogP contribution in [0, 0.1) is 0 Å². The Kier molecular flexibility index (Phi) is 6.73. The summed E-state index contributed by atoms with van der Waals surface area (Å²) in [5.41, 5.74) is 5.29. The third-order valence-electron chi connectivity index (χ3n) is 2.60. The molecule has 0 saturated carbocycles. The second-order valence-corrected chi connectivity index (χ2v) is 4.36. The minimum atomic E-state index is -0.855. The van der Waals surface area contributed by atoms with Crippen molar-refractivity contribution in [2.45, 2.75) is 19.3 Å². The van der Waals surface area contributed by atoms with Crippen LogP contribution in [0.4, 0.5) is 0 Å². The third-order valence-corrected chi connectivity index (χ3v) is 2.60. The number of unbranched alkanes of at least 4 members (excludes halogenated alkanes) is 1. The zero-order chi connectivity index (χ0) is 15.7. The number of benzene rings is 1. The molecule has 0 atom stereocenters. The van der Waals surface area contributed by atoms with E-state index in [1.165, 1.54) is 0 Å². The fourth-order valence-corrected chi connectivity index (χ4v) is 1.63. The van der Waals surface area contributed by atoms with Crippen molar-refractivity contribution in [3.8, 4) is 5.75 Å². The molecule has 21 heavy (non-hydrogen) atoms. The van der Waals surface area contributed by atoms with Crippen LogP contribution in [0.15, 0.2) is 24.3 Å². The number of nitrogens with two attached hydrogens (primary N) is 1. The highest BCUT2D eigenvalue weighted by molar-refractivity contribution is 5.97. The molecule has 0 heterocycles. The van der Waals surface area contributed by atoms with Crippen molar-refractivity contribution in [3.05, 3.63) is 29.8 Å². The highest BCUT2D eigenvalue weighted by Crippen LogP contribution is 2.17. The Morgan fingerprint density at radius 3 is 2.57 bits per heavy atom. The molecule has 7 heteroatoms. The van der Waals surface area contributed by atoms with Gasteiger partial charge in [0.25, 0.3) is 11.8 Å². The molecule has 0 spiro atoms. The Morgan fingerprint density at radius 1 is 1.19 bits per heavy atom. The van der Waals surface area contributed by atoms with E-state index in [2.05, 4.69) is 5.32 Å². The molecule has 0 unspecified atom stereocenters. The van der Waals surface area contributed by atoms with Gasteiger partial charge in [0, 0.05) is 13.0 Å². The molecule has 0 bridgehead atoms. The van der Waals surface area contributed by atoms with Gasteiger partial charge < -0.3 is 20.9 Å². The van der Waals surface area contributed by atoms with Crippen LogP contribution in [0.1, 0.15) is 29.6 Å². The smallest absolute Gasteiger partial charge is 0.303 e. The van der Waals surface area contributed by atoms with Gasteiger partial charge >= 0.3 is 5.97 Å². The molecule has 0 fully saturated rings. The van der Waals surface area contributed by atoms with Gasteiger partial charge in [-0.1, -0.05) is 12.1 Å². The van der Waals surface area contributed by atoms with Gasteiger partial charge in [0.05, 0.1) is 5.56 Å². The lowest BCUT2D eigenvalue weighted by Crippen LogP contribution is -2.26. The Labute approximate surface area is 122 Å². The van der Waals surface area contributed by atoms with Crippen molar-refractivity contribution >= 4 is 17.8 Å². The van der Waals surface area contributed by atoms with Crippen LogP contribution >= 0.6 is 0 Å². The number of carboxylic acid groups (broad SMARTS) is 1. The first-order chi connectivity index (χ1) is 10.0. The van der Waals surface area contributed by atoms with Crippen molar-refractivity contribution in [3.63, 3.8) is 0 Å². The third kappa shape index (κ3) is 6.42. The first-order valence-corrected chi connectivity index (χ1v) is 6.51. The predicted molar refractivity (Wildman–Crippen MR) is 75.0 cm³/mol. The summed E-state index contributed by atoms with van der Waals surface area (Å²) < 4.78 is 5.17. The van der Waals surface area contributed by atoms with E-state index in [9.17, 15) is 14.4 Å². The molecule has 2 amide bonds. The van der Waals surface area contributed by atoms with E-state index in [4.69, 9.17) is 15.6 Å². The van der Waals surface area contributed by atoms with Crippen LogP contribution in [0.5, 0.6) is 5.75 Å². The van der Waals surface area contributed by atoms with Gasteiger partial charge in [0.1, 0.15) is 5.75 Å². The maximum atomic E-state index is 12.0. The minimum absolute atomic E-state index is 0.0776. The molecular formula is C14H18N2O5. The van der Waals surface area contributed by atoms with Gasteiger partial charge in [-0.05, 0) is 25.0 Å². The summed E-state index contributed by atoms with van der Waals surface area (Å²) in [5, 5.41) is 11.2. The molecule has 0 aromatic heterocycles. The van der Waals surface area contributed by atoms with E-state index < -0.39 is 11.9 Å². The van der Waals surface area contributed by atoms with Crippen LogP contribution < -0.4 is 15.8 Å². The number of carbonyl (C=O) groups excluding carboxylic acids is 2. The molecule has 114 valence electrons. The van der Waals surface area contributed by atoms with E-state index >= 15 is 0 Å². The lowest BCUT2D eigenvalue weighted by atomic mass is 10.2. The van der Waals surface area contributed by atoms with Crippen molar-refractivity contribution in [1.82, 2.24) is 5.32 Å². The van der Waals surface area contributed by atoms with Gasteiger partial charge in [-0.15, -0.1) is 0 Å². The topological polar surface area (TPSA) is 119 Å². The lowest BCUT2D eigenvalue weighted by molar-refractivity contribution is -0.137. The minimum Gasteiger partial charge on any atom is -0.483 e. The van der Waals surface area contributed by atoms with Crippen LogP contribution in [0.25, 0.3) is 0 Å². The maximum absolute atomic E-state index is 12.0. The molecule has 7 nitrogen and oxygen atoms in total. The Hall–Kier alpha value is -2.57. The lowest BCUT2D eigenvalue weighted by Gasteiger charge is -2.10. The summed E-state index contributed by atoms with van der Waals surface area (Å²) in [5.74, 6) is -1.55. The Balaban J connectivity index is 2.49. The number of para-hydroxylation sites is 1. The number of carboxylic acids is 1. The zero-order valence-corrected chi connectivity index (χ0v) is 11.5. The van der Waals surface area contributed by atoms with Crippen molar-refractivity contribution < 1.29 is 24.2 Å². The van der Waals surface area contributed by atoms with Crippen molar-refractivity contribution in [1.29, 1.82) is 0 Å².